The van der Waals surface area contributed by atoms with Crippen LogP contribution < -0.4 is 5.32 Å². The van der Waals surface area contributed by atoms with Crippen molar-refractivity contribution in [3.05, 3.63) is 70.2 Å². The van der Waals surface area contributed by atoms with Crippen molar-refractivity contribution >= 4 is 29.3 Å². The number of ketones is 1. The summed E-state index contributed by atoms with van der Waals surface area (Å²) in [5.74, 6) is -1.47. The Morgan fingerprint density at radius 3 is 2.46 bits per heavy atom. The number of rotatable bonds is 7. The van der Waals surface area contributed by atoms with E-state index in [4.69, 9.17) is 21.1 Å². The zero-order valence-corrected chi connectivity index (χ0v) is 15.9. The fourth-order valence-corrected chi connectivity index (χ4v) is 3.03. The third kappa shape index (κ3) is 5.18. The number of carbonyl (C=O) groups is 3. The molecule has 1 atom stereocenters. The molecule has 0 radical (unpaired) electrons. The molecule has 1 N–H and O–H groups in total. The molecule has 1 fully saturated rings. The highest BCUT2D eigenvalue weighted by atomic mass is 35.5. The highest BCUT2D eigenvalue weighted by Crippen LogP contribution is 2.18. The second-order valence-electron chi connectivity index (χ2n) is 6.40. The molecule has 7 heteroatoms. The number of ether oxygens (including phenoxy) is 2. The second kappa shape index (κ2) is 9.48. The SMILES string of the molecule is O=C(COC(=O)c1ccccc1C(=O)c1ccc(Cl)cc1)NC[C@H]1CCCO1. The first-order valence-electron chi connectivity index (χ1n) is 8.99. The van der Waals surface area contributed by atoms with Gasteiger partial charge in [-0.25, -0.2) is 4.79 Å². The van der Waals surface area contributed by atoms with Crippen molar-refractivity contribution < 1.29 is 23.9 Å². The van der Waals surface area contributed by atoms with Crippen molar-refractivity contribution in [1.82, 2.24) is 5.32 Å². The quantitative estimate of drug-likeness (QED) is 0.569. The molecule has 1 aliphatic rings. The van der Waals surface area contributed by atoms with Crippen molar-refractivity contribution in [2.45, 2.75) is 18.9 Å². The summed E-state index contributed by atoms with van der Waals surface area (Å²) < 4.78 is 10.5. The molecule has 1 amide bonds. The Morgan fingerprint density at radius 2 is 1.79 bits per heavy atom. The first kappa shape index (κ1) is 20.0. The molecular weight excluding hydrogens is 382 g/mol. The van der Waals surface area contributed by atoms with Crippen LogP contribution in [-0.2, 0) is 14.3 Å². The van der Waals surface area contributed by atoms with Gasteiger partial charge in [0.2, 0.25) is 0 Å². The monoisotopic (exact) mass is 401 g/mol. The molecule has 1 saturated heterocycles. The van der Waals surface area contributed by atoms with Gasteiger partial charge in [-0.15, -0.1) is 0 Å². The van der Waals surface area contributed by atoms with E-state index >= 15 is 0 Å². The van der Waals surface area contributed by atoms with Gasteiger partial charge in [-0.2, -0.15) is 0 Å². The highest BCUT2D eigenvalue weighted by molar-refractivity contribution is 6.30. The van der Waals surface area contributed by atoms with Crippen LogP contribution in [0.4, 0.5) is 0 Å². The Bertz CT molecular complexity index is 859. The van der Waals surface area contributed by atoms with Crippen LogP contribution >= 0.6 is 11.6 Å². The standard InChI is InChI=1S/C21H20ClNO5/c22-15-9-7-14(8-10-15)20(25)17-5-1-2-6-18(17)21(26)28-13-19(24)23-12-16-4-3-11-27-16/h1-2,5-10,16H,3-4,11-13H2,(H,23,24)/t16-/m1/s1. The fraction of sp³-hybridized carbons (Fsp3) is 0.286. The van der Waals surface area contributed by atoms with Gasteiger partial charge in [0.1, 0.15) is 0 Å². The third-order valence-electron chi connectivity index (χ3n) is 4.38. The van der Waals surface area contributed by atoms with Crippen LogP contribution in [0.3, 0.4) is 0 Å². The number of esters is 1. The summed E-state index contributed by atoms with van der Waals surface area (Å²) in [7, 11) is 0. The zero-order chi connectivity index (χ0) is 19.9. The number of amides is 1. The van der Waals surface area contributed by atoms with Gasteiger partial charge in [-0.05, 0) is 43.2 Å². The molecule has 1 aliphatic heterocycles. The van der Waals surface area contributed by atoms with Crippen LogP contribution in [-0.4, -0.2) is 43.5 Å². The molecule has 146 valence electrons. The summed E-state index contributed by atoms with van der Waals surface area (Å²) in [4.78, 5) is 37.0. The van der Waals surface area contributed by atoms with E-state index in [0.29, 0.717) is 23.7 Å². The number of halogens is 1. The maximum Gasteiger partial charge on any atom is 0.339 e. The predicted molar refractivity (Wildman–Crippen MR) is 104 cm³/mol. The number of carbonyl (C=O) groups excluding carboxylic acids is 3. The smallest absolute Gasteiger partial charge is 0.339 e. The Kier molecular flexibility index (Phi) is 6.79. The van der Waals surface area contributed by atoms with Crippen molar-refractivity contribution in [2.24, 2.45) is 0 Å². The zero-order valence-electron chi connectivity index (χ0n) is 15.2. The van der Waals surface area contributed by atoms with Crippen molar-refractivity contribution in [3.8, 4) is 0 Å². The molecule has 28 heavy (non-hydrogen) atoms. The van der Waals surface area contributed by atoms with Gasteiger partial charge in [0.25, 0.3) is 5.91 Å². The average Bonchev–Trinajstić information content (AvgIpc) is 3.24. The lowest BCUT2D eigenvalue weighted by atomic mass is 9.98. The van der Waals surface area contributed by atoms with Gasteiger partial charge in [-0.1, -0.05) is 29.8 Å². The number of benzene rings is 2. The van der Waals surface area contributed by atoms with Gasteiger partial charge in [0, 0.05) is 29.3 Å². The molecule has 0 aromatic heterocycles. The molecule has 3 rings (SSSR count). The molecule has 0 unspecified atom stereocenters. The van der Waals surface area contributed by atoms with E-state index < -0.39 is 18.5 Å². The summed E-state index contributed by atoms with van der Waals surface area (Å²) >= 11 is 5.85. The molecule has 0 spiro atoms. The van der Waals surface area contributed by atoms with Gasteiger partial charge in [0.15, 0.2) is 12.4 Å². The van der Waals surface area contributed by atoms with E-state index in [0.717, 1.165) is 12.8 Å². The minimum atomic E-state index is -0.731. The van der Waals surface area contributed by atoms with Crippen molar-refractivity contribution in [2.75, 3.05) is 19.8 Å². The molecule has 1 heterocycles. The molecule has 0 saturated carbocycles. The lowest BCUT2D eigenvalue weighted by Crippen LogP contribution is -2.34. The van der Waals surface area contributed by atoms with Gasteiger partial charge >= 0.3 is 5.97 Å². The van der Waals surface area contributed by atoms with Crippen LogP contribution in [0.15, 0.2) is 48.5 Å². The molecular formula is C21H20ClNO5. The van der Waals surface area contributed by atoms with Crippen LogP contribution in [0.25, 0.3) is 0 Å². The van der Waals surface area contributed by atoms with Gasteiger partial charge in [-0.3, -0.25) is 9.59 Å². The van der Waals surface area contributed by atoms with E-state index in [1.807, 2.05) is 0 Å². The molecule has 6 nitrogen and oxygen atoms in total. The topological polar surface area (TPSA) is 81.7 Å². The first-order valence-corrected chi connectivity index (χ1v) is 9.37. The Hall–Kier alpha value is -2.70. The normalized spacial score (nSPS) is 15.8. The van der Waals surface area contributed by atoms with Crippen LogP contribution in [0.2, 0.25) is 5.02 Å². The number of nitrogens with one attached hydrogen (secondary N) is 1. The fourth-order valence-electron chi connectivity index (χ4n) is 2.91. The van der Waals surface area contributed by atoms with E-state index in [-0.39, 0.29) is 23.0 Å². The first-order chi connectivity index (χ1) is 13.5. The summed E-state index contributed by atoms with van der Waals surface area (Å²) in [6, 6.07) is 12.7. The van der Waals surface area contributed by atoms with Gasteiger partial charge < -0.3 is 14.8 Å². The third-order valence-corrected chi connectivity index (χ3v) is 4.64. The summed E-state index contributed by atoms with van der Waals surface area (Å²) in [6.45, 7) is 0.672. The molecule has 0 aliphatic carbocycles. The maximum absolute atomic E-state index is 12.7. The Balaban J connectivity index is 1.61. The second-order valence-corrected chi connectivity index (χ2v) is 6.83. The summed E-state index contributed by atoms with van der Waals surface area (Å²) in [5.41, 5.74) is 0.711. The minimum Gasteiger partial charge on any atom is -0.452 e. The maximum atomic E-state index is 12.7. The minimum absolute atomic E-state index is 0.0115. The Labute approximate surface area is 167 Å². The van der Waals surface area contributed by atoms with Crippen molar-refractivity contribution in [1.29, 1.82) is 0 Å². The lowest BCUT2D eigenvalue weighted by Gasteiger charge is -2.12. The van der Waals surface area contributed by atoms with E-state index in [2.05, 4.69) is 5.32 Å². The lowest BCUT2D eigenvalue weighted by molar-refractivity contribution is -0.124. The summed E-state index contributed by atoms with van der Waals surface area (Å²) in [5, 5.41) is 3.19. The largest absolute Gasteiger partial charge is 0.452 e. The molecule has 0 bridgehead atoms. The predicted octanol–water partition coefficient (Wildman–Crippen LogP) is 3.02. The van der Waals surface area contributed by atoms with E-state index in [1.54, 1.807) is 42.5 Å². The van der Waals surface area contributed by atoms with Crippen LogP contribution in [0.1, 0.15) is 39.1 Å². The Morgan fingerprint density at radius 1 is 1.07 bits per heavy atom. The highest BCUT2D eigenvalue weighted by Gasteiger charge is 2.20. The average molecular weight is 402 g/mol. The summed E-state index contributed by atoms with van der Waals surface area (Å²) in [6.07, 6.45) is 1.89. The van der Waals surface area contributed by atoms with Crippen molar-refractivity contribution in [3.63, 3.8) is 0 Å². The van der Waals surface area contributed by atoms with E-state index in [1.165, 1.54) is 6.07 Å². The van der Waals surface area contributed by atoms with E-state index in [9.17, 15) is 14.4 Å². The van der Waals surface area contributed by atoms with Crippen LogP contribution in [0, 0.1) is 0 Å². The molecule has 2 aromatic rings. The van der Waals surface area contributed by atoms with Crippen LogP contribution in [0.5, 0.6) is 0 Å². The molecule has 2 aromatic carbocycles. The number of hydrogen-bond donors (Lipinski definition) is 1. The van der Waals surface area contributed by atoms with Gasteiger partial charge in [0.05, 0.1) is 11.7 Å². The number of hydrogen-bond acceptors (Lipinski definition) is 5.